The van der Waals surface area contributed by atoms with Crippen LogP contribution in [0.15, 0.2) is 4.99 Å². The van der Waals surface area contributed by atoms with E-state index in [1.165, 1.54) is 19.3 Å². The molecular formula is C13H26N2O. The molecule has 0 aromatic carbocycles. The molecule has 0 bridgehead atoms. The third kappa shape index (κ3) is 4.52. The molecule has 0 fully saturated rings. The normalized spacial score (nSPS) is 19.9. The Balaban J connectivity index is 2.56. The summed E-state index contributed by atoms with van der Waals surface area (Å²) in [6.45, 7) is 7.81. The van der Waals surface area contributed by atoms with Crippen molar-refractivity contribution in [2.75, 3.05) is 13.2 Å². The van der Waals surface area contributed by atoms with E-state index in [1.54, 1.807) is 0 Å². The standard InChI is InChI=1S/C13H26N2O/c1-13(2,3)11(8-10-16)15-12-7-5-4-6-9-14-12/h11,16H,4-10H2,1-3H3,(H,14,15). The molecule has 3 heteroatoms. The first-order valence-electron chi connectivity index (χ1n) is 6.45. The summed E-state index contributed by atoms with van der Waals surface area (Å²) >= 11 is 0. The molecule has 0 spiro atoms. The van der Waals surface area contributed by atoms with Gasteiger partial charge in [-0.05, 0) is 24.7 Å². The summed E-state index contributed by atoms with van der Waals surface area (Å²) < 4.78 is 0. The molecule has 1 atom stereocenters. The molecule has 16 heavy (non-hydrogen) atoms. The smallest absolute Gasteiger partial charge is 0.0965 e. The van der Waals surface area contributed by atoms with Crippen LogP contribution in [0.2, 0.25) is 0 Å². The van der Waals surface area contributed by atoms with Crippen molar-refractivity contribution in [1.82, 2.24) is 5.32 Å². The quantitative estimate of drug-likeness (QED) is 0.776. The summed E-state index contributed by atoms with van der Waals surface area (Å²) in [4.78, 5) is 4.58. The molecule has 3 nitrogen and oxygen atoms in total. The lowest BCUT2D eigenvalue weighted by Crippen LogP contribution is -2.44. The topological polar surface area (TPSA) is 44.6 Å². The average molecular weight is 226 g/mol. The minimum Gasteiger partial charge on any atom is -0.396 e. The summed E-state index contributed by atoms with van der Waals surface area (Å²) in [5.74, 6) is 1.14. The highest BCUT2D eigenvalue weighted by atomic mass is 16.3. The summed E-state index contributed by atoms with van der Waals surface area (Å²) in [5.41, 5.74) is 0.164. The monoisotopic (exact) mass is 226 g/mol. The zero-order valence-corrected chi connectivity index (χ0v) is 10.9. The maximum atomic E-state index is 9.11. The lowest BCUT2D eigenvalue weighted by atomic mass is 9.85. The molecule has 0 saturated heterocycles. The molecule has 1 aliphatic rings. The van der Waals surface area contributed by atoms with Crippen LogP contribution in [0.25, 0.3) is 0 Å². The van der Waals surface area contributed by atoms with Gasteiger partial charge in [-0.2, -0.15) is 0 Å². The predicted molar refractivity (Wildman–Crippen MR) is 68.9 cm³/mol. The van der Waals surface area contributed by atoms with Gasteiger partial charge in [0.15, 0.2) is 0 Å². The van der Waals surface area contributed by atoms with Gasteiger partial charge in [0.05, 0.1) is 5.84 Å². The summed E-state index contributed by atoms with van der Waals surface area (Å²) in [5, 5.41) is 12.6. The highest BCUT2D eigenvalue weighted by Gasteiger charge is 2.24. The second-order valence-corrected chi connectivity index (χ2v) is 5.71. The first-order chi connectivity index (χ1) is 7.54. The van der Waals surface area contributed by atoms with Gasteiger partial charge >= 0.3 is 0 Å². The fourth-order valence-corrected chi connectivity index (χ4v) is 2.04. The van der Waals surface area contributed by atoms with Gasteiger partial charge in [0.1, 0.15) is 0 Å². The molecule has 1 unspecified atom stereocenters. The lowest BCUT2D eigenvalue weighted by Gasteiger charge is -2.32. The van der Waals surface area contributed by atoms with E-state index in [0.717, 1.165) is 25.2 Å². The number of aliphatic hydroxyl groups excluding tert-OH is 1. The van der Waals surface area contributed by atoms with E-state index in [4.69, 9.17) is 5.11 Å². The maximum Gasteiger partial charge on any atom is 0.0965 e. The number of aliphatic imine (C=N–C) groups is 1. The third-order valence-corrected chi connectivity index (χ3v) is 3.18. The van der Waals surface area contributed by atoms with Crippen LogP contribution in [0.3, 0.4) is 0 Å². The minimum atomic E-state index is 0.164. The number of rotatable bonds is 3. The van der Waals surface area contributed by atoms with Crippen molar-refractivity contribution >= 4 is 5.84 Å². The maximum absolute atomic E-state index is 9.11. The van der Waals surface area contributed by atoms with Crippen molar-refractivity contribution in [3.05, 3.63) is 0 Å². The molecule has 94 valence electrons. The average Bonchev–Trinajstić information content (AvgIpc) is 2.44. The SMILES string of the molecule is CC(C)(C)C(CCO)NC1=NCCCCC1. The first-order valence-corrected chi connectivity index (χ1v) is 6.45. The molecule has 0 saturated carbocycles. The van der Waals surface area contributed by atoms with E-state index < -0.39 is 0 Å². The minimum absolute atomic E-state index is 0.164. The second kappa shape index (κ2) is 6.24. The van der Waals surface area contributed by atoms with E-state index in [1.807, 2.05) is 0 Å². The number of nitrogens with one attached hydrogen (secondary N) is 1. The van der Waals surface area contributed by atoms with Gasteiger partial charge in [-0.1, -0.05) is 27.2 Å². The van der Waals surface area contributed by atoms with Gasteiger partial charge in [-0.25, -0.2) is 0 Å². The fourth-order valence-electron chi connectivity index (χ4n) is 2.04. The summed E-state index contributed by atoms with van der Waals surface area (Å²) in [6, 6.07) is 0.314. The molecule has 0 aromatic heterocycles. The predicted octanol–water partition coefficient (Wildman–Crippen LogP) is 2.35. The van der Waals surface area contributed by atoms with Crippen LogP contribution in [0.4, 0.5) is 0 Å². The highest BCUT2D eigenvalue weighted by Crippen LogP contribution is 2.22. The molecule has 1 aliphatic heterocycles. The number of hydrogen-bond acceptors (Lipinski definition) is 3. The van der Waals surface area contributed by atoms with Crippen molar-refractivity contribution in [3.63, 3.8) is 0 Å². The van der Waals surface area contributed by atoms with E-state index in [2.05, 4.69) is 31.1 Å². The van der Waals surface area contributed by atoms with Crippen LogP contribution < -0.4 is 5.32 Å². The number of hydrogen-bond donors (Lipinski definition) is 2. The van der Waals surface area contributed by atoms with Gasteiger partial charge < -0.3 is 10.4 Å². The van der Waals surface area contributed by atoms with Crippen LogP contribution in [0, 0.1) is 5.41 Å². The number of amidine groups is 1. The highest BCUT2D eigenvalue weighted by molar-refractivity contribution is 5.82. The van der Waals surface area contributed by atoms with Crippen LogP contribution >= 0.6 is 0 Å². The van der Waals surface area contributed by atoms with E-state index in [-0.39, 0.29) is 12.0 Å². The molecule has 2 N–H and O–H groups in total. The van der Waals surface area contributed by atoms with Crippen LogP contribution in [0.5, 0.6) is 0 Å². The Kier molecular flexibility index (Phi) is 5.26. The van der Waals surface area contributed by atoms with Gasteiger partial charge in [0.25, 0.3) is 0 Å². The molecular weight excluding hydrogens is 200 g/mol. The van der Waals surface area contributed by atoms with Gasteiger partial charge in [-0.15, -0.1) is 0 Å². The van der Waals surface area contributed by atoms with Crippen LogP contribution in [-0.2, 0) is 0 Å². The number of aliphatic hydroxyl groups is 1. The van der Waals surface area contributed by atoms with Crippen molar-refractivity contribution < 1.29 is 5.11 Å². The Labute approximate surface area is 99.4 Å². The Morgan fingerprint density at radius 2 is 2.06 bits per heavy atom. The zero-order valence-electron chi connectivity index (χ0n) is 10.9. The largest absolute Gasteiger partial charge is 0.396 e. The second-order valence-electron chi connectivity index (χ2n) is 5.71. The molecule has 1 heterocycles. The zero-order chi connectivity index (χ0) is 12.0. The van der Waals surface area contributed by atoms with E-state index in [0.29, 0.717) is 6.04 Å². The van der Waals surface area contributed by atoms with Crippen LogP contribution in [0.1, 0.15) is 52.9 Å². The molecule has 0 radical (unpaired) electrons. The summed E-state index contributed by atoms with van der Waals surface area (Å²) in [6.07, 6.45) is 5.60. The molecule has 1 rings (SSSR count). The Morgan fingerprint density at radius 1 is 1.31 bits per heavy atom. The van der Waals surface area contributed by atoms with Crippen molar-refractivity contribution in [2.45, 2.75) is 58.9 Å². The van der Waals surface area contributed by atoms with Crippen LogP contribution in [-0.4, -0.2) is 30.1 Å². The van der Waals surface area contributed by atoms with Crippen molar-refractivity contribution in [1.29, 1.82) is 0 Å². The van der Waals surface area contributed by atoms with Crippen molar-refractivity contribution in [3.8, 4) is 0 Å². The molecule has 0 aliphatic carbocycles. The van der Waals surface area contributed by atoms with Gasteiger partial charge in [-0.3, -0.25) is 4.99 Å². The fraction of sp³-hybridized carbons (Fsp3) is 0.923. The lowest BCUT2D eigenvalue weighted by molar-refractivity contribution is 0.212. The molecule has 0 amide bonds. The molecule has 0 aromatic rings. The Bertz CT molecular complexity index is 231. The van der Waals surface area contributed by atoms with E-state index >= 15 is 0 Å². The first kappa shape index (κ1) is 13.5. The number of nitrogens with zero attached hydrogens (tertiary/aromatic N) is 1. The van der Waals surface area contributed by atoms with Gasteiger partial charge in [0.2, 0.25) is 0 Å². The van der Waals surface area contributed by atoms with Gasteiger partial charge in [0, 0.05) is 25.6 Å². The van der Waals surface area contributed by atoms with Crippen molar-refractivity contribution in [2.24, 2.45) is 10.4 Å². The summed E-state index contributed by atoms with van der Waals surface area (Å²) in [7, 11) is 0. The Morgan fingerprint density at radius 3 is 2.69 bits per heavy atom. The van der Waals surface area contributed by atoms with E-state index in [9.17, 15) is 0 Å². The third-order valence-electron chi connectivity index (χ3n) is 3.18. The Hall–Kier alpha value is -0.570.